The first-order valence-corrected chi connectivity index (χ1v) is 6.59. The highest BCUT2D eigenvalue weighted by atomic mass is 16.2. The first kappa shape index (κ1) is 18.5. The second-order valence-corrected chi connectivity index (χ2v) is 3.83. The normalized spacial score (nSPS) is 13.1. The molecular formula is C13H28N2O2. The van der Waals surface area contributed by atoms with Gasteiger partial charge in [0.25, 0.3) is 0 Å². The monoisotopic (exact) mass is 244 g/mol. The molecule has 0 rings (SSSR count). The van der Waals surface area contributed by atoms with Crippen LogP contribution in [0.1, 0.15) is 60.3 Å². The summed E-state index contributed by atoms with van der Waals surface area (Å²) in [5.41, 5.74) is 5.68. The Bertz CT molecular complexity index is 217. The molecule has 0 fully saturated rings. The second-order valence-electron chi connectivity index (χ2n) is 3.83. The van der Waals surface area contributed by atoms with Gasteiger partial charge in [0, 0.05) is 0 Å². The summed E-state index contributed by atoms with van der Waals surface area (Å²) >= 11 is 0. The Morgan fingerprint density at radius 2 is 1.76 bits per heavy atom. The summed E-state index contributed by atoms with van der Waals surface area (Å²) in [4.78, 5) is 22.6. The van der Waals surface area contributed by atoms with Gasteiger partial charge in [-0.3, -0.25) is 9.59 Å². The molecule has 0 aromatic heterocycles. The van der Waals surface area contributed by atoms with E-state index in [-0.39, 0.29) is 17.7 Å². The van der Waals surface area contributed by atoms with Crippen molar-refractivity contribution in [2.24, 2.45) is 5.73 Å². The van der Waals surface area contributed by atoms with Crippen molar-refractivity contribution in [2.45, 2.75) is 72.4 Å². The molecule has 0 heterocycles. The number of carbonyl (C=O) groups excluding carboxylic acids is 2. The number of nitrogens with two attached hydrogens (primary N) is 1. The van der Waals surface area contributed by atoms with Crippen molar-refractivity contribution in [3.63, 3.8) is 0 Å². The van der Waals surface area contributed by atoms with Gasteiger partial charge in [-0.1, -0.05) is 40.5 Å². The molecule has 0 aliphatic rings. The van der Waals surface area contributed by atoms with E-state index in [4.69, 9.17) is 5.73 Å². The highest BCUT2D eigenvalue weighted by Crippen LogP contribution is 2.00. The zero-order valence-corrected chi connectivity index (χ0v) is 11.9. The zero-order valence-electron chi connectivity index (χ0n) is 11.9. The van der Waals surface area contributed by atoms with Crippen LogP contribution in [0, 0.1) is 0 Å². The number of unbranched alkanes of at least 4 members (excludes halogenated alkanes) is 1. The first-order chi connectivity index (χ1) is 8.02. The molecule has 0 spiro atoms. The molecule has 0 radical (unpaired) electrons. The summed E-state index contributed by atoms with van der Waals surface area (Å²) in [6.07, 6.45) is 3.24. The summed E-state index contributed by atoms with van der Waals surface area (Å²) in [5.74, 6) is -0.237. The van der Waals surface area contributed by atoms with Crippen molar-refractivity contribution in [3.05, 3.63) is 0 Å². The van der Waals surface area contributed by atoms with Crippen molar-refractivity contribution >= 4 is 11.7 Å². The van der Waals surface area contributed by atoms with Crippen molar-refractivity contribution in [2.75, 3.05) is 0 Å². The van der Waals surface area contributed by atoms with Crippen molar-refractivity contribution in [1.82, 2.24) is 5.32 Å². The van der Waals surface area contributed by atoms with E-state index < -0.39 is 6.04 Å². The lowest BCUT2D eigenvalue weighted by Gasteiger charge is -2.17. The zero-order chi connectivity index (χ0) is 13.8. The Morgan fingerprint density at radius 1 is 1.24 bits per heavy atom. The number of nitrogens with one attached hydrogen (secondary N) is 1. The SMILES string of the molecule is CC.CCCCC(N)C(=O)N[C@H](CC)C(C)=O. The fraction of sp³-hybridized carbons (Fsp3) is 0.846. The van der Waals surface area contributed by atoms with Gasteiger partial charge in [0.2, 0.25) is 5.91 Å². The van der Waals surface area contributed by atoms with E-state index in [0.29, 0.717) is 12.8 Å². The predicted octanol–water partition coefficient (Wildman–Crippen LogP) is 2.01. The summed E-state index contributed by atoms with van der Waals surface area (Å²) in [6.45, 7) is 9.39. The summed E-state index contributed by atoms with van der Waals surface area (Å²) in [7, 11) is 0. The Labute approximate surface area is 105 Å². The van der Waals surface area contributed by atoms with Gasteiger partial charge >= 0.3 is 0 Å². The van der Waals surface area contributed by atoms with Crippen LogP contribution in [0.3, 0.4) is 0 Å². The van der Waals surface area contributed by atoms with Gasteiger partial charge in [-0.05, 0) is 19.8 Å². The summed E-state index contributed by atoms with van der Waals surface area (Å²) in [5, 5.41) is 2.66. The quantitative estimate of drug-likeness (QED) is 0.719. The molecule has 4 nitrogen and oxygen atoms in total. The van der Waals surface area contributed by atoms with Crippen molar-refractivity contribution in [1.29, 1.82) is 0 Å². The Hall–Kier alpha value is -0.900. The standard InChI is InChI=1S/C11H22N2O2.C2H6/c1-4-6-7-9(12)11(15)13-10(5-2)8(3)14;1-2/h9-10H,4-7,12H2,1-3H3,(H,13,15);1-2H3/t9?,10-;/m1./s1. The van der Waals surface area contributed by atoms with Gasteiger partial charge in [0.1, 0.15) is 0 Å². The Balaban J connectivity index is 0. The number of hydrogen-bond acceptors (Lipinski definition) is 3. The van der Waals surface area contributed by atoms with Crippen LogP contribution in [0.25, 0.3) is 0 Å². The predicted molar refractivity (Wildman–Crippen MR) is 71.8 cm³/mol. The summed E-state index contributed by atoms with van der Waals surface area (Å²) < 4.78 is 0. The van der Waals surface area contributed by atoms with Gasteiger partial charge in [0.05, 0.1) is 12.1 Å². The maximum absolute atomic E-state index is 11.5. The molecule has 17 heavy (non-hydrogen) atoms. The number of Topliss-reactive ketones (excluding diaryl/α,β-unsaturated/α-hetero) is 1. The minimum Gasteiger partial charge on any atom is -0.345 e. The van der Waals surface area contributed by atoms with Crippen LogP contribution in [0.15, 0.2) is 0 Å². The van der Waals surface area contributed by atoms with E-state index in [0.717, 1.165) is 12.8 Å². The second kappa shape index (κ2) is 11.6. The third-order valence-electron chi connectivity index (χ3n) is 2.42. The molecule has 1 amide bonds. The molecule has 0 aromatic carbocycles. The lowest BCUT2D eigenvalue weighted by Crippen LogP contribution is -2.47. The number of rotatable bonds is 7. The minimum absolute atomic E-state index is 0.0199. The average molecular weight is 244 g/mol. The van der Waals surface area contributed by atoms with Crippen LogP contribution in [-0.2, 0) is 9.59 Å². The third kappa shape index (κ3) is 8.86. The number of carbonyl (C=O) groups is 2. The maximum atomic E-state index is 11.5. The van der Waals surface area contributed by atoms with E-state index in [1.165, 1.54) is 6.92 Å². The van der Waals surface area contributed by atoms with Crippen LogP contribution >= 0.6 is 0 Å². The third-order valence-corrected chi connectivity index (χ3v) is 2.42. The minimum atomic E-state index is -0.488. The van der Waals surface area contributed by atoms with Crippen LogP contribution in [-0.4, -0.2) is 23.8 Å². The lowest BCUT2D eigenvalue weighted by atomic mass is 10.1. The van der Waals surface area contributed by atoms with Gasteiger partial charge in [-0.25, -0.2) is 0 Å². The summed E-state index contributed by atoms with van der Waals surface area (Å²) in [6, 6.07) is -0.872. The van der Waals surface area contributed by atoms with Gasteiger partial charge in [-0.15, -0.1) is 0 Å². The average Bonchev–Trinajstić information content (AvgIpc) is 2.34. The molecule has 0 aliphatic heterocycles. The fourth-order valence-electron chi connectivity index (χ4n) is 1.33. The molecule has 0 saturated heterocycles. The van der Waals surface area contributed by atoms with Crippen molar-refractivity contribution in [3.8, 4) is 0 Å². The molecule has 1 unspecified atom stereocenters. The molecule has 2 atom stereocenters. The largest absolute Gasteiger partial charge is 0.345 e. The molecule has 102 valence electrons. The molecule has 4 heteroatoms. The van der Waals surface area contributed by atoms with E-state index in [9.17, 15) is 9.59 Å². The topological polar surface area (TPSA) is 72.2 Å². The smallest absolute Gasteiger partial charge is 0.237 e. The molecule has 0 bridgehead atoms. The Kier molecular flexibility index (Phi) is 12.6. The van der Waals surface area contributed by atoms with Crippen LogP contribution < -0.4 is 11.1 Å². The highest BCUT2D eigenvalue weighted by molar-refractivity contribution is 5.89. The number of amides is 1. The molecule has 0 aromatic rings. The molecule has 0 saturated carbocycles. The van der Waals surface area contributed by atoms with Crippen molar-refractivity contribution < 1.29 is 9.59 Å². The van der Waals surface area contributed by atoms with E-state index in [1.807, 2.05) is 20.8 Å². The van der Waals surface area contributed by atoms with E-state index in [1.54, 1.807) is 0 Å². The molecule has 0 aliphatic carbocycles. The number of ketones is 1. The first-order valence-electron chi connectivity index (χ1n) is 6.59. The van der Waals surface area contributed by atoms with E-state index in [2.05, 4.69) is 12.2 Å². The number of hydrogen-bond donors (Lipinski definition) is 2. The van der Waals surface area contributed by atoms with E-state index >= 15 is 0 Å². The van der Waals surface area contributed by atoms with Crippen LogP contribution in [0.4, 0.5) is 0 Å². The molecule has 3 N–H and O–H groups in total. The maximum Gasteiger partial charge on any atom is 0.237 e. The Morgan fingerprint density at radius 3 is 2.12 bits per heavy atom. The fourth-order valence-corrected chi connectivity index (χ4v) is 1.33. The van der Waals surface area contributed by atoms with Crippen LogP contribution in [0.5, 0.6) is 0 Å². The highest BCUT2D eigenvalue weighted by Gasteiger charge is 2.18. The molecular weight excluding hydrogens is 216 g/mol. The van der Waals surface area contributed by atoms with Gasteiger partial charge in [-0.2, -0.15) is 0 Å². The lowest BCUT2D eigenvalue weighted by molar-refractivity contribution is -0.127. The van der Waals surface area contributed by atoms with Gasteiger partial charge in [0.15, 0.2) is 5.78 Å². The van der Waals surface area contributed by atoms with Crippen LogP contribution in [0.2, 0.25) is 0 Å². The van der Waals surface area contributed by atoms with Gasteiger partial charge < -0.3 is 11.1 Å².